The Morgan fingerprint density at radius 1 is 1.26 bits per heavy atom. The smallest absolute Gasteiger partial charge is 0.286 e. The molecule has 2 amide bonds. The standard InChI is InChI=1S/C18H15ClN2O5S/c1-9(22)20-18-21-17(23)16(27-18)6-10-4-5-13(26-10)11-7-15(25-3)12(19)8-14(11)24-2/h4-8H,1-3H3,(H,20,21,22,23)/b16-6+. The van der Waals surface area contributed by atoms with E-state index in [-0.39, 0.29) is 11.1 Å². The number of nitrogens with one attached hydrogen (secondary N) is 1. The van der Waals surface area contributed by atoms with E-state index in [1.165, 1.54) is 21.1 Å². The van der Waals surface area contributed by atoms with Gasteiger partial charge >= 0.3 is 0 Å². The molecule has 1 aliphatic heterocycles. The van der Waals surface area contributed by atoms with Crippen LogP contribution in [-0.2, 0) is 9.59 Å². The molecule has 2 heterocycles. The molecule has 0 saturated heterocycles. The molecule has 27 heavy (non-hydrogen) atoms. The molecule has 0 radical (unpaired) electrons. The summed E-state index contributed by atoms with van der Waals surface area (Å²) >= 11 is 7.19. The van der Waals surface area contributed by atoms with E-state index >= 15 is 0 Å². The van der Waals surface area contributed by atoms with Crippen molar-refractivity contribution >= 4 is 46.4 Å². The number of amides is 2. The lowest BCUT2D eigenvalue weighted by Crippen LogP contribution is -2.23. The predicted molar refractivity (Wildman–Crippen MR) is 104 cm³/mol. The highest BCUT2D eigenvalue weighted by Crippen LogP contribution is 2.39. The summed E-state index contributed by atoms with van der Waals surface area (Å²) < 4.78 is 16.4. The van der Waals surface area contributed by atoms with Crippen LogP contribution in [-0.4, -0.2) is 31.2 Å². The third-order valence-corrected chi connectivity index (χ3v) is 4.74. The van der Waals surface area contributed by atoms with Gasteiger partial charge in [-0.2, -0.15) is 4.99 Å². The molecule has 0 saturated carbocycles. The van der Waals surface area contributed by atoms with Crippen LogP contribution >= 0.6 is 23.4 Å². The minimum atomic E-state index is -0.438. The van der Waals surface area contributed by atoms with E-state index in [0.29, 0.717) is 38.5 Å². The molecule has 1 N–H and O–H groups in total. The number of ether oxygens (including phenoxy) is 2. The molecule has 3 rings (SSSR count). The maximum absolute atomic E-state index is 11.9. The molecule has 0 fully saturated rings. The third kappa shape index (κ3) is 4.17. The number of hydrogen-bond acceptors (Lipinski definition) is 6. The van der Waals surface area contributed by atoms with E-state index in [4.69, 9.17) is 25.5 Å². The van der Waals surface area contributed by atoms with Crippen LogP contribution in [0.15, 0.2) is 38.6 Å². The summed E-state index contributed by atoms with van der Waals surface area (Å²) in [5, 5.41) is 3.15. The van der Waals surface area contributed by atoms with Gasteiger partial charge in [-0.05, 0) is 30.0 Å². The van der Waals surface area contributed by atoms with Crippen molar-refractivity contribution in [1.82, 2.24) is 5.32 Å². The second-order valence-electron chi connectivity index (χ2n) is 5.40. The van der Waals surface area contributed by atoms with Gasteiger partial charge in [-0.15, -0.1) is 0 Å². The summed E-state index contributed by atoms with van der Waals surface area (Å²) in [5.41, 5.74) is 0.656. The molecule has 1 aromatic carbocycles. The minimum Gasteiger partial charge on any atom is -0.496 e. The van der Waals surface area contributed by atoms with Crippen molar-refractivity contribution in [2.45, 2.75) is 6.92 Å². The van der Waals surface area contributed by atoms with Crippen LogP contribution in [0.3, 0.4) is 0 Å². The van der Waals surface area contributed by atoms with Crippen molar-refractivity contribution in [3.05, 3.63) is 40.0 Å². The number of nitrogens with zero attached hydrogens (tertiary/aromatic N) is 1. The van der Waals surface area contributed by atoms with E-state index in [9.17, 15) is 9.59 Å². The Bertz CT molecular complexity index is 980. The van der Waals surface area contributed by atoms with Crippen LogP contribution in [0, 0.1) is 0 Å². The Kier molecular flexibility index (Phi) is 5.57. The van der Waals surface area contributed by atoms with Gasteiger partial charge in [-0.3, -0.25) is 9.59 Å². The minimum absolute atomic E-state index is 0.245. The Labute approximate surface area is 164 Å². The average Bonchev–Trinajstić information content (AvgIpc) is 3.21. The first-order chi connectivity index (χ1) is 12.9. The molecule has 1 aliphatic rings. The third-order valence-electron chi connectivity index (χ3n) is 3.54. The number of thioether (sulfide) groups is 1. The molecule has 140 valence electrons. The fourth-order valence-corrected chi connectivity index (χ4v) is 3.44. The van der Waals surface area contributed by atoms with E-state index in [1.54, 1.807) is 30.3 Å². The number of rotatable bonds is 4. The Balaban J connectivity index is 1.88. The SMILES string of the molecule is COc1cc(-c2ccc(/C=C3/SC(NC(C)=O)=NC3=O)o2)c(OC)cc1Cl. The molecule has 0 atom stereocenters. The zero-order valence-electron chi connectivity index (χ0n) is 14.7. The van der Waals surface area contributed by atoms with Crippen molar-refractivity contribution in [1.29, 1.82) is 0 Å². The summed E-state index contributed by atoms with van der Waals surface area (Å²) in [7, 11) is 3.05. The monoisotopic (exact) mass is 406 g/mol. The van der Waals surface area contributed by atoms with Crippen LogP contribution in [0.2, 0.25) is 5.02 Å². The average molecular weight is 407 g/mol. The topological polar surface area (TPSA) is 90.1 Å². The quantitative estimate of drug-likeness (QED) is 0.778. The second kappa shape index (κ2) is 7.89. The summed E-state index contributed by atoms with van der Waals surface area (Å²) in [6.45, 7) is 1.35. The number of benzene rings is 1. The van der Waals surface area contributed by atoms with Gasteiger partial charge in [0.15, 0.2) is 5.17 Å². The molecule has 0 bridgehead atoms. The molecular weight excluding hydrogens is 392 g/mol. The lowest BCUT2D eigenvalue weighted by molar-refractivity contribution is -0.117. The maximum atomic E-state index is 11.9. The largest absolute Gasteiger partial charge is 0.496 e. The zero-order chi connectivity index (χ0) is 19.6. The van der Waals surface area contributed by atoms with Gasteiger partial charge in [0.2, 0.25) is 5.91 Å². The number of methoxy groups -OCH3 is 2. The molecule has 1 aromatic heterocycles. The lowest BCUT2D eigenvalue weighted by atomic mass is 10.1. The first kappa shape index (κ1) is 19.1. The second-order valence-corrected chi connectivity index (χ2v) is 6.84. The van der Waals surface area contributed by atoms with Gasteiger partial charge in [0, 0.05) is 19.1 Å². The van der Waals surface area contributed by atoms with Gasteiger partial charge in [-0.25, -0.2) is 0 Å². The number of aliphatic imine (C=N–C) groups is 1. The Morgan fingerprint density at radius 3 is 2.67 bits per heavy atom. The van der Waals surface area contributed by atoms with Gasteiger partial charge in [0.1, 0.15) is 23.0 Å². The highest BCUT2D eigenvalue weighted by molar-refractivity contribution is 8.18. The zero-order valence-corrected chi connectivity index (χ0v) is 16.2. The maximum Gasteiger partial charge on any atom is 0.286 e. The highest BCUT2D eigenvalue weighted by atomic mass is 35.5. The molecule has 0 aliphatic carbocycles. The first-order valence-corrected chi connectivity index (χ1v) is 8.92. The first-order valence-electron chi connectivity index (χ1n) is 7.73. The van der Waals surface area contributed by atoms with Crippen molar-refractivity contribution in [2.24, 2.45) is 4.99 Å². The number of halogens is 1. The number of carbonyl (C=O) groups excluding carboxylic acids is 2. The van der Waals surface area contributed by atoms with Crippen molar-refractivity contribution in [2.75, 3.05) is 14.2 Å². The van der Waals surface area contributed by atoms with Crippen molar-refractivity contribution in [3.63, 3.8) is 0 Å². The Morgan fingerprint density at radius 2 is 2.00 bits per heavy atom. The Hall–Kier alpha value is -2.71. The van der Waals surface area contributed by atoms with Crippen molar-refractivity contribution < 1.29 is 23.5 Å². The van der Waals surface area contributed by atoms with E-state index in [0.717, 1.165) is 11.8 Å². The number of furan rings is 1. The van der Waals surface area contributed by atoms with Gasteiger partial charge in [-0.1, -0.05) is 11.6 Å². The summed E-state index contributed by atoms with van der Waals surface area (Å²) in [6.07, 6.45) is 1.56. The van der Waals surface area contributed by atoms with Crippen LogP contribution in [0.5, 0.6) is 11.5 Å². The van der Waals surface area contributed by atoms with Gasteiger partial charge in [0.05, 0.1) is 29.7 Å². The fraction of sp³-hybridized carbons (Fsp3) is 0.167. The van der Waals surface area contributed by atoms with E-state index in [1.807, 2.05) is 0 Å². The summed E-state index contributed by atoms with van der Waals surface area (Å²) in [5.74, 6) is 1.26. The molecule has 7 nitrogen and oxygen atoms in total. The lowest BCUT2D eigenvalue weighted by Gasteiger charge is -2.10. The normalized spacial score (nSPS) is 15.0. The van der Waals surface area contributed by atoms with Crippen LogP contribution < -0.4 is 14.8 Å². The number of hydrogen-bond donors (Lipinski definition) is 1. The van der Waals surface area contributed by atoms with Crippen molar-refractivity contribution in [3.8, 4) is 22.8 Å². The molecule has 9 heteroatoms. The van der Waals surface area contributed by atoms with Gasteiger partial charge < -0.3 is 19.2 Å². The predicted octanol–water partition coefficient (Wildman–Crippen LogP) is 3.72. The summed E-state index contributed by atoms with van der Waals surface area (Å²) in [6, 6.07) is 6.81. The van der Waals surface area contributed by atoms with E-state index in [2.05, 4.69) is 10.3 Å². The number of amidine groups is 1. The molecule has 0 unspecified atom stereocenters. The van der Waals surface area contributed by atoms with Crippen LogP contribution in [0.25, 0.3) is 17.4 Å². The molecule has 0 spiro atoms. The summed E-state index contributed by atoms with van der Waals surface area (Å²) in [4.78, 5) is 27.2. The molecule has 2 aromatic rings. The van der Waals surface area contributed by atoms with Gasteiger partial charge in [0.25, 0.3) is 5.91 Å². The molecular formula is C18H15ClN2O5S. The highest BCUT2D eigenvalue weighted by Gasteiger charge is 2.23. The van der Waals surface area contributed by atoms with Crippen LogP contribution in [0.4, 0.5) is 0 Å². The number of carbonyl (C=O) groups is 2. The van der Waals surface area contributed by atoms with E-state index < -0.39 is 5.91 Å². The van der Waals surface area contributed by atoms with Crippen LogP contribution in [0.1, 0.15) is 12.7 Å². The fourth-order valence-electron chi connectivity index (χ4n) is 2.37.